The maximum Gasteiger partial charge on any atom is 0.178 e. The van der Waals surface area contributed by atoms with E-state index in [1.807, 2.05) is 6.07 Å². The van der Waals surface area contributed by atoms with Crippen molar-refractivity contribution in [1.29, 1.82) is 0 Å². The molecule has 0 spiro atoms. The van der Waals surface area contributed by atoms with Crippen molar-refractivity contribution in [3.63, 3.8) is 0 Å². The summed E-state index contributed by atoms with van der Waals surface area (Å²) >= 11 is 0. The maximum atomic E-state index is 12.2. The minimum atomic E-state index is -3.26. The summed E-state index contributed by atoms with van der Waals surface area (Å²) < 4.78 is 29.9. The van der Waals surface area contributed by atoms with Crippen molar-refractivity contribution < 1.29 is 13.2 Å². The number of hydrogen-bond acceptors (Lipinski definition) is 4. The topological polar surface area (TPSA) is 62.4 Å². The van der Waals surface area contributed by atoms with Crippen LogP contribution in [-0.4, -0.2) is 44.3 Å². The molecule has 2 rings (SSSR count). The second-order valence-electron chi connectivity index (χ2n) is 6.44. The van der Waals surface area contributed by atoms with Gasteiger partial charge in [-0.25, -0.2) is 8.42 Å². The van der Waals surface area contributed by atoms with Crippen LogP contribution in [0.3, 0.4) is 0 Å². The van der Waals surface area contributed by atoms with E-state index >= 15 is 0 Å². The number of hydrogen-bond donors (Lipinski definition) is 1. The average Bonchev–Trinajstić information content (AvgIpc) is 3.10. The molecule has 0 aliphatic carbocycles. The first-order valence-electron chi connectivity index (χ1n) is 9.26. The van der Waals surface area contributed by atoms with Gasteiger partial charge in [0, 0.05) is 23.5 Å². The Kier molecular flexibility index (Phi) is 7.29. The molecule has 6 heteroatoms. The molecule has 0 amide bonds. The van der Waals surface area contributed by atoms with Crippen LogP contribution in [-0.2, 0) is 16.4 Å². The lowest BCUT2D eigenvalue weighted by molar-refractivity contribution is 0.264. The van der Waals surface area contributed by atoms with E-state index in [1.54, 1.807) is 32.2 Å². The number of benzene rings is 1. The SMILES string of the molecule is CCCN(CCC)Cc1ccc(-c2cc(S(=O)(=O)CC)ccc2OC)[nH]1. The molecule has 0 aliphatic heterocycles. The highest BCUT2D eigenvalue weighted by molar-refractivity contribution is 7.91. The van der Waals surface area contributed by atoms with Gasteiger partial charge in [0.05, 0.1) is 17.8 Å². The molecular weight excluding hydrogens is 348 g/mol. The summed E-state index contributed by atoms with van der Waals surface area (Å²) in [6, 6.07) is 9.08. The van der Waals surface area contributed by atoms with E-state index in [0.29, 0.717) is 10.6 Å². The van der Waals surface area contributed by atoms with Gasteiger partial charge in [0.1, 0.15) is 5.75 Å². The second kappa shape index (κ2) is 9.24. The van der Waals surface area contributed by atoms with E-state index in [0.717, 1.165) is 49.4 Å². The second-order valence-corrected chi connectivity index (χ2v) is 8.72. The number of sulfone groups is 1. The van der Waals surface area contributed by atoms with Gasteiger partial charge >= 0.3 is 0 Å². The third-order valence-corrected chi connectivity index (χ3v) is 6.15. The van der Waals surface area contributed by atoms with Crippen molar-refractivity contribution in [2.75, 3.05) is 26.0 Å². The zero-order chi connectivity index (χ0) is 19.2. The van der Waals surface area contributed by atoms with Crippen molar-refractivity contribution in [2.24, 2.45) is 0 Å². The fourth-order valence-corrected chi connectivity index (χ4v) is 4.00. The minimum Gasteiger partial charge on any atom is -0.496 e. The number of rotatable bonds is 10. The van der Waals surface area contributed by atoms with Gasteiger partial charge < -0.3 is 9.72 Å². The largest absolute Gasteiger partial charge is 0.496 e. The number of nitrogens with zero attached hydrogens (tertiary/aromatic N) is 1. The number of nitrogens with one attached hydrogen (secondary N) is 1. The third kappa shape index (κ3) is 4.89. The van der Waals surface area contributed by atoms with Gasteiger partial charge in [-0.05, 0) is 56.3 Å². The molecule has 1 aromatic carbocycles. The van der Waals surface area contributed by atoms with E-state index in [9.17, 15) is 8.42 Å². The van der Waals surface area contributed by atoms with Gasteiger partial charge in [0.25, 0.3) is 0 Å². The monoisotopic (exact) mass is 378 g/mol. The van der Waals surface area contributed by atoms with Crippen LogP contribution in [0.4, 0.5) is 0 Å². The number of H-pyrrole nitrogens is 1. The van der Waals surface area contributed by atoms with Crippen LogP contribution < -0.4 is 4.74 Å². The molecule has 0 saturated heterocycles. The molecule has 0 radical (unpaired) electrons. The summed E-state index contributed by atoms with van der Waals surface area (Å²) in [6.07, 6.45) is 2.25. The Hall–Kier alpha value is -1.79. The molecule has 0 unspecified atom stereocenters. The van der Waals surface area contributed by atoms with Crippen LogP contribution in [0, 0.1) is 0 Å². The summed E-state index contributed by atoms with van der Waals surface area (Å²) in [7, 11) is -1.66. The smallest absolute Gasteiger partial charge is 0.178 e. The van der Waals surface area contributed by atoms with Crippen LogP contribution >= 0.6 is 0 Å². The highest BCUT2D eigenvalue weighted by Crippen LogP contribution is 2.32. The molecular formula is C20H30N2O3S. The van der Waals surface area contributed by atoms with Crippen molar-refractivity contribution in [1.82, 2.24) is 9.88 Å². The first-order valence-corrected chi connectivity index (χ1v) is 10.9. The number of ether oxygens (including phenoxy) is 1. The Balaban J connectivity index is 2.33. The Morgan fingerprint density at radius 1 is 1.04 bits per heavy atom. The lowest BCUT2D eigenvalue weighted by Crippen LogP contribution is -2.25. The fourth-order valence-electron chi connectivity index (χ4n) is 3.09. The molecule has 1 aromatic heterocycles. The van der Waals surface area contributed by atoms with Gasteiger partial charge in [0.2, 0.25) is 0 Å². The molecule has 0 bridgehead atoms. The van der Waals surface area contributed by atoms with Crippen LogP contribution in [0.2, 0.25) is 0 Å². The average molecular weight is 379 g/mol. The summed E-state index contributed by atoms with van der Waals surface area (Å²) in [5, 5.41) is 0. The third-order valence-electron chi connectivity index (χ3n) is 4.42. The van der Waals surface area contributed by atoms with Crippen LogP contribution in [0.5, 0.6) is 5.75 Å². The summed E-state index contributed by atoms with van der Waals surface area (Å²) in [4.78, 5) is 6.18. The van der Waals surface area contributed by atoms with E-state index in [4.69, 9.17) is 4.74 Å². The Morgan fingerprint density at radius 2 is 1.73 bits per heavy atom. The Morgan fingerprint density at radius 3 is 2.31 bits per heavy atom. The number of methoxy groups -OCH3 is 1. The predicted molar refractivity (Wildman–Crippen MR) is 106 cm³/mol. The summed E-state index contributed by atoms with van der Waals surface area (Å²) in [5.41, 5.74) is 2.76. The molecule has 1 N–H and O–H groups in total. The Labute approximate surface area is 157 Å². The number of aromatic amines is 1. The van der Waals surface area contributed by atoms with Gasteiger partial charge in [-0.3, -0.25) is 4.90 Å². The van der Waals surface area contributed by atoms with Crippen molar-refractivity contribution in [2.45, 2.75) is 45.1 Å². The molecule has 144 valence electrons. The van der Waals surface area contributed by atoms with Crippen molar-refractivity contribution in [3.8, 4) is 17.0 Å². The lowest BCUT2D eigenvalue weighted by Gasteiger charge is -2.20. The van der Waals surface area contributed by atoms with E-state index in [1.165, 1.54) is 0 Å². The zero-order valence-electron chi connectivity index (χ0n) is 16.2. The summed E-state index contributed by atoms with van der Waals surface area (Å²) in [6.45, 7) is 9.02. The molecule has 5 nitrogen and oxygen atoms in total. The molecule has 0 atom stereocenters. The van der Waals surface area contributed by atoms with Gasteiger partial charge in [-0.15, -0.1) is 0 Å². The van der Waals surface area contributed by atoms with Crippen LogP contribution in [0.1, 0.15) is 39.3 Å². The zero-order valence-corrected chi connectivity index (χ0v) is 17.0. The molecule has 0 saturated carbocycles. The van der Waals surface area contributed by atoms with Gasteiger partial charge in [-0.1, -0.05) is 20.8 Å². The van der Waals surface area contributed by atoms with Gasteiger partial charge in [0.15, 0.2) is 9.84 Å². The number of aromatic nitrogens is 1. The molecule has 26 heavy (non-hydrogen) atoms. The predicted octanol–water partition coefficient (Wildman–Crippen LogP) is 4.11. The highest BCUT2D eigenvalue weighted by atomic mass is 32.2. The minimum absolute atomic E-state index is 0.0811. The first kappa shape index (κ1) is 20.5. The maximum absolute atomic E-state index is 12.2. The van der Waals surface area contributed by atoms with E-state index in [-0.39, 0.29) is 5.75 Å². The van der Waals surface area contributed by atoms with Crippen LogP contribution in [0.25, 0.3) is 11.3 Å². The van der Waals surface area contributed by atoms with Gasteiger partial charge in [-0.2, -0.15) is 0 Å². The highest BCUT2D eigenvalue weighted by Gasteiger charge is 2.16. The van der Waals surface area contributed by atoms with E-state index in [2.05, 4.69) is 29.8 Å². The first-order chi connectivity index (χ1) is 12.4. The quantitative estimate of drug-likeness (QED) is 0.676. The van der Waals surface area contributed by atoms with Crippen molar-refractivity contribution >= 4 is 9.84 Å². The molecule has 2 aromatic rings. The van der Waals surface area contributed by atoms with Crippen molar-refractivity contribution in [3.05, 3.63) is 36.0 Å². The normalized spacial score (nSPS) is 11.9. The van der Waals surface area contributed by atoms with E-state index < -0.39 is 9.84 Å². The van der Waals surface area contributed by atoms with Crippen LogP contribution in [0.15, 0.2) is 35.2 Å². The Bertz CT molecular complexity index is 806. The standard InChI is InChI=1S/C20H30N2O3S/c1-5-12-22(13-6-2)15-16-8-10-19(21-16)18-14-17(26(23,24)7-3)9-11-20(18)25-4/h8-11,14,21H,5-7,12-13,15H2,1-4H3. The molecule has 0 aliphatic rings. The molecule has 0 fully saturated rings. The lowest BCUT2D eigenvalue weighted by atomic mass is 10.1. The molecule has 1 heterocycles. The fraction of sp³-hybridized carbons (Fsp3) is 0.500. The summed E-state index contributed by atoms with van der Waals surface area (Å²) in [5.74, 6) is 0.741.